The molecule has 144 valence electrons. The molecular formula is C20H23NO5S. The van der Waals surface area contributed by atoms with Gasteiger partial charge in [-0.3, -0.25) is 4.79 Å². The Labute approximate surface area is 159 Å². The number of ketones is 1. The number of primary sulfonamides is 1. The van der Waals surface area contributed by atoms with Gasteiger partial charge in [-0.15, -0.1) is 0 Å². The van der Waals surface area contributed by atoms with E-state index in [1.165, 1.54) is 12.1 Å². The standard InChI is InChI=1S/C20H23NO5S/c1-13-5-10-16(27(21,24)25)11-17(13)19(23)26-12-18(22)14-6-8-15(9-7-14)20(2,3)4/h5-11H,12H2,1-4H3,(H2,21,24,25). The summed E-state index contributed by atoms with van der Waals surface area (Å²) >= 11 is 0. The van der Waals surface area contributed by atoms with Crippen LogP contribution in [0.5, 0.6) is 0 Å². The number of hydrogen-bond acceptors (Lipinski definition) is 5. The SMILES string of the molecule is Cc1ccc(S(N)(=O)=O)cc1C(=O)OCC(=O)c1ccc(C(C)(C)C)cc1. The maximum Gasteiger partial charge on any atom is 0.338 e. The second-order valence-corrected chi connectivity index (χ2v) is 8.91. The number of aryl methyl sites for hydroxylation is 1. The van der Waals surface area contributed by atoms with E-state index in [1.54, 1.807) is 19.1 Å². The molecule has 2 aromatic carbocycles. The largest absolute Gasteiger partial charge is 0.454 e. The van der Waals surface area contributed by atoms with Crippen LogP contribution in [-0.2, 0) is 20.2 Å². The van der Waals surface area contributed by atoms with Crippen molar-refractivity contribution in [1.29, 1.82) is 0 Å². The highest BCUT2D eigenvalue weighted by Gasteiger charge is 2.18. The molecule has 0 aliphatic carbocycles. The first-order chi connectivity index (χ1) is 12.4. The van der Waals surface area contributed by atoms with Crippen molar-refractivity contribution in [2.75, 3.05) is 6.61 Å². The smallest absolute Gasteiger partial charge is 0.338 e. The maximum absolute atomic E-state index is 12.3. The van der Waals surface area contributed by atoms with Gasteiger partial charge in [-0.1, -0.05) is 51.1 Å². The predicted molar refractivity (Wildman–Crippen MR) is 102 cm³/mol. The van der Waals surface area contributed by atoms with Crippen molar-refractivity contribution in [3.63, 3.8) is 0 Å². The average molecular weight is 389 g/mol. The average Bonchev–Trinajstić information content (AvgIpc) is 2.58. The Morgan fingerprint density at radius 3 is 2.15 bits per heavy atom. The van der Waals surface area contributed by atoms with Crippen LogP contribution in [0.3, 0.4) is 0 Å². The van der Waals surface area contributed by atoms with Crippen molar-refractivity contribution in [2.24, 2.45) is 5.14 Å². The van der Waals surface area contributed by atoms with Crippen molar-refractivity contribution in [3.8, 4) is 0 Å². The minimum Gasteiger partial charge on any atom is -0.454 e. The summed E-state index contributed by atoms with van der Waals surface area (Å²) in [5.74, 6) is -1.12. The Kier molecular flexibility index (Phi) is 5.87. The molecule has 0 bridgehead atoms. The summed E-state index contributed by atoms with van der Waals surface area (Å²) in [6.45, 7) is 7.42. The van der Waals surface area contributed by atoms with Crippen molar-refractivity contribution in [1.82, 2.24) is 0 Å². The van der Waals surface area contributed by atoms with E-state index >= 15 is 0 Å². The lowest BCUT2D eigenvalue weighted by Gasteiger charge is -2.19. The van der Waals surface area contributed by atoms with Gasteiger partial charge in [-0.25, -0.2) is 18.4 Å². The molecule has 2 aromatic rings. The van der Waals surface area contributed by atoms with Gasteiger partial charge in [0.2, 0.25) is 10.0 Å². The van der Waals surface area contributed by atoms with Gasteiger partial charge in [0.25, 0.3) is 0 Å². The highest BCUT2D eigenvalue weighted by molar-refractivity contribution is 7.89. The number of sulfonamides is 1. The predicted octanol–water partition coefficient (Wildman–Crippen LogP) is 2.98. The highest BCUT2D eigenvalue weighted by Crippen LogP contribution is 2.22. The number of esters is 1. The van der Waals surface area contributed by atoms with Gasteiger partial charge >= 0.3 is 5.97 Å². The molecule has 0 heterocycles. The molecule has 0 aliphatic rings. The van der Waals surface area contributed by atoms with Crippen molar-refractivity contribution in [3.05, 3.63) is 64.7 Å². The molecule has 7 heteroatoms. The van der Waals surface area contributed by atoms with Crippen LogP contribution >= 0.6 is 0 Å². The van der Waals surface area contributed by atoms with Gasteiger partial charge in [0.1, 0.15) is 0 Å². The molecule has 6 nitrogen and oxygen atoms in total. The number of Topliss-reactive ketones (excluding diaryl/α,β-unsaturated/α-hetero) is 1. The summed E-state index contributed by atoms with van der Waals surface area (Å²) in [7, 11) is -3.94. The van der Waals surface area contributed by atoms with E-state index in [-0.39, 0.29) is 21.7 Å². The van der Waals surface area contributed by atoms with Gasteiger partial charge in [0.05, 0.1) is 10.5 Å². The summed E-state index contributed by atoms with van der Waals surface area (Å²) in [4.78, 5) is 24.3. The van der Waals surface area contributed by atoms with Crippen LogP contribution in [0.15, 0.2) is 47.4 Å². The van der Waals surface area contributed by atoms with Gasteiger partial charge < -0.3 is 4.74 Å². The molecule has 2 rings (SSSR count). The van der Waals surface area contributed by atoms with Gasteiger partial charge in [-0.05, 0) is 35.6 Å². The molecule has 27 heavy (non-hydrogen) atoms. The third kappa shape index (κ3) is 5.24. The lowest BCUT2D eigenvalue weighted by molar-refractivity contribution is 0.0473. The third-order valence-electron chi connectivity index (χ3n) is 4.16. The normalized spacial score (nSPS) is 11.9. The Morgan fingerprint density at radius 2 is 1.63 bits per heavy atom. The number of nitrogens with two attached hydrogens (primary N) is 1. The summed E-state index contributed by atoms with van der Waals surface area (Å²) in [5, 5.41) is 5.08. The van der Waals surface area contributed by atoms with Crippen LogP contribution < -0.4 is 5.14 Å². The number of benzene rings is 2. The molecule has 0 aliphatic heterocycles. The summed E-state index contributed by atoms with van der Waals surface area (Å²) in [6, 6.07) is 11.1. The molecule has 0 amide bonds. The topological polar surface area (TPSA) is 104 Å². The van der Waals surface area contributed by atoms with Crippen LogP contribution in [0.1, 0.15) is 52.6 Å². The second-order valence-electron chi connectivity index (χ2n) is 7.35. The first kappa shape index (κ1) is 20.8. The monoisotopic (exact) mass is 389 g/mol. The molecule has 0 radical (unpaired) electrons. The number of carbonyl (C=O) groups is 2. The molecule has 0 saturated carbocycles. The molecule has 0 fully saturated rings. The van der Waals surface area contributed by atoms with Gasteiger partial charge in [0, 0.05) is 5.56 Å². The minimum atomic E-state index is -3.94. The van der Waals surface area contributed by atoms with E-state index in [0.29, 0.717) is 11.1 Å². The van der Waals surface area contributed by atoms with Gasteiger partial charge in [0.15, 0.2) is 12.4 Å². The molecule has 0 atom stereocenters. The minimum absolute atomic E-state index is 0.0279. The first-order valence-electron chi connectivity index (χ1n) is 8.34. The van der Waals surface area contributed by atoms with Gasteiger partial charge in [-0.2, -0.15) is 0 Å². The number of ether oxygens (including phenoxy) is 1. The number of hydrogen-bond donors (Lipinski definition) is 1. The Balaban J connectivity index is 2.10. The van der Waals surface area contributed by atoms with E-state index in [1.807, 2.05) is 12.1 Å². The summed E-state index contributed by atoms with van der Waals surface area (Å²) < 4.78 is 27.9. The van der Waals surface area contributed by atoms with Crippen LogP contribution in [0, 0.1) is 6.92 Å². The van der Waals surface area contributed by atoms with Crippen molar-refractivity contribution in [2.45, 2.75) is 38.0 Å². The Hall–Kier alpha value is -2.51. The van der Waals surface area contributed by atoms with E-state index in [2.05, 4.69) is 20.8 Å². The van der Waals surface area contributed by atoms with E-state index < -0.39 is 22.6 Å². The summed E-state index contributed by atoms with van der Waals surface area (Å²) in [5.41, 5.74) is 2.07. The third-order valence-corrected chi connectivity index (χ3v) is 5.08. The van der Waals surface area contributed by atoms with Crippen LogP contribution in [0.2, 0.25) is 0 Å². The molecule has 0 unspecified atom stereocenters. The van der Waals surface area contributed by atoms with Crippen LogP contribution in [0.25, 0.3) is 0 Å². The second kappa shape index (κ2) is 7.62. The molecule has 0 aromatic heterocycles. The quantitative estimate of drug-likeness (QED) is 0.625. The van der Waals surface area contributed by atoms with E-state index in [9.17, 15) is 18.0 Å². The van der Waals surface area contributed by atoms with Crippen molar-refractivity contribution < 1.29 is 22.7 Å². The van der Waals surface area contributed by atoms with E-state index in [4.69, 9.17) is 9.88 Å². The maximum atomic E-state index is 12.3. The lowest BCUT2D eigenvalue weighted by atomic mass is 9.86. The first-order valence-corrected chi connectivity index (χ1v) is 9.88. The zero-order valence-electron chi connectivity index (χ0n) is 15.8. The van der Waals surface area contributed by atoms with E-state index in [0.717, 1.165) is 11.6 Å². The zero-order chi connectivity index (χ0) is 20.4. The fourth-order valence-electron chi connectivity index (χ4n) is 2.45. The molecule has 2 N–H and O–H groups in total. The molecule has 0 spiro atoms. The fourth-order valence-corrected chi connectivity index (χ4v) is 2.99. The lowest BCUT2D eigenvalue weighted by Crippen LogP contribution is -2.17. The molecular weight excluding hydrogens is 366 g/mol. The fraction of sp³-hybridized carbons (Fsp3) is 0.300. The van der Waals surface area contributed by atoms with Crippen LogP contribution in [-0.4, -0.2) is 26.8 Å². The Bertz CT molecular complexity index is 970. The van der Waals surface area contributed by atoms with Crippen LogP contribution in [0.4, 0.5) is 0 Å². The summed E-state index contributed by atoms with van der Waals surface area (Å²) in [6.07, 6.45) is 0. The number of rotatable bonds is 5. The highest BCUT2D eigenvalue weighted by atomic mass is 32.2. The Morgan fingerprint density at radius 1 is 1.04 bits per heavy atom. The molecule has 0 saturated heterocycles. The zero-order valence-corrected chi connectivity index (χ0v) is 16.6. The number of carbonyl (C=O) groups excluding carboxylic acids is 2. The van der Waals surface area contributed by atoms with Crippen molar-refractivity contribution >= 4 is 21.8 Å².